The summed E-state index contributed by atoms with van der Waals surface area (Å²) >= 11 is 0. The maximum atomic E-state index is 13.1. The van der Waals surface area contributed by atoms with Gasteiger partial charge in [0.25, 0.3) is 11.8 Å². The second-order valence-corrected chi connectivity index (χ2v) is 9.10. The molecule has 2 amide bonds. The number of hydrogen-bond donors (Lipinski definition) is 2. The summed E-state index contributed by atoms with van der Waals surface area (Å²) in [7, 11) is 1.65. The van der Waals surface area contributed by atoms with Gasteiger partial charge in [0, 0.05) is 56.7 Å². The topological polar surface area (TPSA) is 118 Å². The maximum absolute atomic E-state index is 13.1. The van der Waals surface area contributed by atoms with Crippen LogP contribution >= 0.6 is 0 Å². The van der Waals surface area contributed by atoms with Crippen LogP contribution in [0.15, 0.2) is 45.9 Å². The van der Waals surface area contributed by atoms with Gasteiger partial charge in [0.1, 0.15) is 5.69 Å². The first-order valence-corrected chi connectivity index (χ1v) is 11.1. The number of allylic oxidation sites excluding steroid dienone is 1. The van der Waals surface area contributed by atoms with Gasteiger partial charge < -0.3 is 20.3 Å². The van der Waals surface area contributed by atoms with Crippen molar-refractivity contribution in [3.05, 3.63) is 52.3 Å². The number of carbonyl (C=O) groups is 2. The van der Waals surface area contributed by atoms with Crippen molar-refractivity contribution in [2.75, 3.05) is 33.4 Å². The quantitative estimate of drug-likeness (QED) is 0.667. The molecular weight excluding hydrogens is 422 g/mol. The predicted octanol–water partition coefficient (Wildman–Crippen LogP) is 1.12. The number of rotatable bonds is 6. The number of ether oxygens (including phenoxy) is 1. The Morgan fingerprint density at radius 2 is 2.09 bits per heavy atom. The van der Waals surface area contributed by atoms with Crippen molar-refractivity contribution in [1.82, 2.24) is 24.9 Å². The minimum Gasteiger partial charge on any atom is -0.383 e. The first-order chi connectivity index (χ1) is 15.7. The second kappa shape index (κ2) is 8.51. The summed E-state index contributed by atoms with van der Waals surface area (Å²) in [4.78, 5) is 34.0. The number of aliphatic imine (C=N–C) groups is 1. The number of aryl methyl sites for hydroxylation is 2. The van der Waals surface area contributed by atoms with E-state index >= 15 is 0 Å². The number of methoxy groups -OCH3 is 1. The standard InChI is InChI=1S/C23H31N7O3/c1-6-30-18(9-14(2)27-30)21(32)26-22-25-10-15-16(20(24)31)11-28(7-8-33-5)12-17-19(15)29(22)13-23(17,3)4/h9-11H,6-8,12-13H2,1-5H3,(H2,24,31)(H,25,26,32). The van der Waals surface area contributed by atoms with Crippen molar-refractivity contribution >= 4 is 17.8 Å². The van der Waals surface area contributed by atoms with Crippen LogP contribution < -0.4 is 11.1 Å². The van der Waals surface area contributed by atoms with Gasteiger partial charge in [-0.1, -0.05) is 13.8 Å². The zero-order chi connectivity index (χ0) is 23.9. The monoisotopic (exact) mass is 453 g/mol. The second-order valence-electron chi connectivity index (χ2n) is 9.10. The fourth-order valence-electron chi connectivity index (χ4n) is 4.57. The lowest BCUT2D eigenvalue weighted by Crippen LogP contribution is -2.46. The van der Waals surface area contributed by atoms with Gasteiger partial charge in [-0.25, -0.2) is 4.99 Å². The molecule has 0 saturated heterocycles. The summed E-state index contributed by atoms with van der Waals surface area (Å²) in [5, 5.41) is 7.32. The van der Waals surface area contributed by atoms with E-state index in [1.807, 2.05) is 18.7 Å². The van der Waals surface area contributed by atoms with Crippen LogP contribution in [0.1, 0.15) is 37.0 Å². The lowest BCUT2D eigenvalue weighted by molar-refractivity contribution is -0.114. The predicted molar refractivity (Wildman–Crippen MR) is 124 cm³/mol. The summed E-state index contributed by atoms with van der Waals surface area (Å²) in [5.74, 6) is -0.370. The van der Waals surface area contributed by atoms with Gasteiger partial charge in [-0.15, -0.1) is 0 Å². The van der Waals surface area contributed by atoms with E-state index < -0.39 is 5.91 Å². The molecule has 3 aliphatic heterocycles. The van der Waals surface area contributed by atoms with Crippen LogP contribution in [0.5, 0.6) is 0 Å². The van der Waals surface area contributed by atoms with Gasteiger partial charge in [0.15, 0.2) is 0 Å². The molecule has 176 valence electrons. The largest absolute Gasteiger partial charge is 0.383 e. The fraction of sp³-hybridized carbons (Fsp3) is 0.478. The highest BCUT2D eigenvalue weighted by molar-refractivity contribution is 6.07. The Morgan fingerprint density at radius 3 is 2.76 bits per heavy atom. The number of aromatic nitrogens is 2. The van der Waals surface area contributed by atoms with E-state index in [-0.39, 0.29) is 11.3 Å². The molecule has 0 spiro atoms. The highest BCUT2D eigenvalue weighted by atomic mass is 16.5. The summed E-state index contributed by atoms with van der Waals surface area (Å²) in [6.07, 6.45) is 3.42. The van der Waals surface area contributed by atoms with Crippen LogP contribution in [0.3, 0.4) is 0 Å². The van der Waals surface area contributed by atoms with Gasteiger partial charge in [-0.05, 0) is 25.5 Å². The number of nitrogens with two attached hydrogens (primary N) is 1. The van der Waals surface area contributed by atoms with E-state index in [0.717, 1.165) is 17.0 Å². The van der Waals surface area contributed by atoms with Crippen molar-refractivity contribution in [3.8, 4) is 0 Å². The smallest absolute Gasteiger partial charge is 0.276 e. The van der Waals surface area contributed by atoms with Crippen molar-refractivity contribution in [2.24, 2.45) is 16.1 Å². The van der Waals surface area contributed by atoms with Crippen molar-refractivity contribution in [2.45, 2.75) is 34.2 Å². The number of primary amides is 1. The maximum Gasteiger partial charge on any atom is 0.276 e. The van der Waals surface area contributed by atoms with Crippen LogP contribution in [0.2, 0.25) is 0 Å². The third-order valence-electron chi connectivity index (χ3n) is 6.22. The Kier molecular flexibility index (Phi) is 5.87. The number of nitrogens with zero attached hydrogens (tertiary/aromatic N) is 5. The van der Waals surface area contributed by atoms with E-state index in [9.17, 15) is 9.59 Å². The lowest BCUT2D eigenvalue weighted by Gasteiger charge is -2.30. The normalized spacial score (nSPS) is 19.0. The highest BCUT2D eigenvalue weighted by Gasteiger charge is 2.45. The molecule has 4 heterocycles. The van der Waals surface area contributed by atoms with Crippen LogP contribution in [-0.4, -0.2) is 70.7 Å². The fourth-order valence-corrected chi connectivity index (χ4v) is 4.57. The minimum absolute atomic E-state index is 0.210. The first kappa shape index (κ1) is 22.8. The summed E-state index contributed by atoms with van der Waals surface area (Å²) in [5.41, 5.74) is 9.92. The summed E-state index contributed by atoms with van der Waals surface area (Å²) < 4.78 is 6.92. The van der Waals surface area contributed by atoms with Crippen molar-refractivity contribution < 1.29 is 14.3 Å². The Balaban J connectivity index is 1.73. The van der Waals surface area contributed by atoms with Crippen LogP contribution in [0, 0.1) is 12.3 Å². The zero-order valence-electron chi connectivity index (χ0n) is 19.8. The Hall–Kier alpha value is -3.40. The lowest BCUT2D eigenvalue weighted by atomic mass is 9.84. The molecule has 0 atom stereocenters. The van der Waals surface area contributed by atoms with E-state index in [2.05, 4.69) is 34.2 Å². The Labute approximate surface area is 193 Å². The molecule has 0 bridgehead atoms. The first-order valence-electron chi connectivity index (χ1n) is 11.1. The molecule has 1 aromatic heterocycles. The van der Waals surface area contributed by atoms with E-state index in [0.29, 0.717) is 55.6 Å². The molecule has 0 aromatic carbocycles. The summed E-state index contributed by atoms with van der Waals surface area (Å²) in [6, 6.07) is 1.76. The number of carbonyl (C=O) groups excluding carboxylic acids is 2. The number of amides is 2. The minimum atomic E-state index is -0.521. The molecule has 33 heavy (non-hydrogen) atoms. The third kappa shape index (κ3) is 4.06. The molecule has 0 radical (unpaired) electrons. The zero-order valence-corrected chi connectivity index (χ0v) is 19.8. The van der Waals surface area contributed by atoms with Crippen LogP contribution in [-0.2, 0) is 16.1 Å². The molecule has 0 saturated carbocycles. The average molecular weight is 454 g/mol. The SMILES string of the molecule is CCn1nc(C)cc1C(=O)NC1=NC=C2C(C(N)=O)=CN(CCOC)CC3=C2N1CC3(C)C. The van der Waals surface area contributed by atoms with Crippen LogP contribution in [0.25, 0.3) is 0 Å². The molecule has 4 rings (SSSR count). The molecule has 10 heteroatoms. The molecular formula is C23H31N7O3. The highest BCUT2D eigenvalue weighted by Crippen LogP contribution is 2.46. The van der Waals surface area contributed by atoms with E-state index in [4.69, 9.17) is 10.5 Å². The number of guanidine groups is 1. The van der Waals surface area contributed by atoms with E-state index in [1.54, 1.807) is 30.3 Å². The molecule has 3 aliphatic rings. The molecule has 0 unspecified atom stereocenters. The van der Waals surface area contributed by atoms with Gasteiger partial charge in [-0.3, -0.25) is 19.6 Å². The number of hydrogen-bond acceptors (Lipinski definition) is 7. The Bertz CT molecular complexity index is 1120. The van der Waals surface area contributed by atoms with Gasteiger partial charge in [-0.2, -0.15) is 5.10 Å². The van der Waals surface area contributed by atoms with Gasteiger partial charge in [0.2, 0.25) is 5.96 Å². The average Bonchev–Trinajstić information content (AvgIpc) is 3.20. The molecule has 0 fully saturated rings. The molecule has 1 aromatic rings. The molecule has 10 nitrogen and oxygen atoms in total. The van der Waals surface area contributed by atoms with E-state index in [1.165, 1.54) is 0 Å². The van der Waals surface area contributed by atoms with Crippen molar-refractivity contribution in [3.63, 3.8) is 0 Å². The Morgan fingerprint density at radius 1 is 1.33 bits per heavy atom. The van der Waals surface area contributed by atoms with Gasteiger partial charge in [0.05, 0.1) is 23.6 Å². The molecule has 3 N–H and O–H groups in total. The van der Waals surface area contributed by atoms with Crippen LogP contribution in [0.4, 0.5) is 0 Å². The summed E-state index contributed by atoms with van der Waals surface area (Å²) in [6.45, 7) is 11.1. The number of nitrogens with one attached hydrogen (secondary N) is 1. The van der Waals surface area contributed by atoms with Gasteiger partial charge >= 0.3 is 0 Å². The molecule has 0 aliphatic carbocycles. The third-order valence-corrected chi connectivity index (χ3v) is 6.22. The van der Waals surface area contributed by atoms with Crippen molar-refractivity contribution in [1.29, 1.82) is 0 Å².